The molecule has 1 aliphatic rings. The fourth-order valence-electron chi connectivity index (χ4n) is 2.49. The third-order valence-corrected chi connectivity index (χ3v) is 3.70. The van der Waals surface area contributed by atoms with Gasteiger partial charge in [0.2, 0.25) is 0 Å². The molecule has 22 heavy (non-hydrogen) atoms. The number of hydrogen-bond acceptors (Lipinski definition) is 3. The highest BCUT2D eigenvalue weighted by atomic mass is 35.5. The van der Waals surface area contributed by atoms with Crippen LogP contribution in [0.25, 0.3) is 0 Å². The van der Waals surface area contributed by atoms with Crippen LogP contribution in [0, 0.1) is 0 Å². The lowest BCUT2D eigenvalue weighted by molar-refractivity contribution is -0.112. The molecule has 0 spiro atoms. The van der Waals surface area contributed by atoms with Crippen molar-refractivity contribution in [2.75, 3.05) is 19.0 Å². The van der Waals surface area contributed by atoms with Crippen molar-refractivity contribution < 1.29 is 4.79 Å². The predicted octanol–water partition coefficient (Wildman–Crippen LogP) is 3.15. The molecule has 0 unspecified atom stereocenters. The highest BCUT2D eigenvalue weighted by molar-refractivity contribution is 6.54. The number of anilines is 1. The van der Waals surface area contributed by atoms with E-state index < -0.39 is 0 Å². The fourth-order valence-corrected chi connectivity index (χ4v) is 2.61. The minimum atomic E-state index is -0.0788. The summed E-state index contributed by atoms with van der Waals surface area (Å²) in [6.45, 7) is 0.499. The normalized spacial score (nSPS) is 15.3. The highest BCUT2D eigenvalue weighted by Crippen LogP contribution is 2.30. The fraction of sp³-hybridized carbons (Fsp3) is 0.176. The second-order valence-electron chi connectivity index (χ2n) is 5.33. The van der Waals surface area contributed by atoms with Crippen LogP contribution >= 0.6 is 11.6 Å². The number of carbonyl (C=O) groups excluding carboxylic acids is 1. The Hall–Kier alpha value is -2.33. The van der Waals surface area contributed by atoms with Crippen LogP contribution < -0.4 is 4.90 Å². The second-order valence-corrected chi connectivity index (χ2v) is 5.77. The van der Waals surface area contributed by atoms with E-state index in [4.69, 9.17) is 11.6 Å². The van der Waals surface area contributed by atoms with E-state index in [0.717, 1.165) is 16.8 Å². The summed E-state index contributed by atoms with van der Waals surface area (Å²) in [4.78, 5) is 14.5. The van der Waals surface area contributed by atoms with E-state index >= 15 is 0 Å². The summed E-state index contributed by atoms with van der Waals surface area (Å²) >= 11 is 5.91. The van der Waals surface area contributed by atoms with E-state index in [1.807, 2.05) is 62.6 Å². The number of amides is 1. The molecule has 0 fully saturated rings. The molecule has 0 aromatic heterocycles. The van der Waals surface area contributed by atoms with Gasteiger partial charge in [-0.1, -0.05) is 41.9 Å². The van der Waals surface area contributed by atoms with Gasteiger partial charge in [0.15, 0.2) is 5.71 Å². The third-order valence-electron chi connectivity index (χ3n) is 3.45. The topological polar surface area (TPSA) is 35.9 Å². The number of benzene rings is 2. The molecular formula is C17H16ClN3O. The largest absolute Gasteiger partial charge is 0.302 e. The number of nitrogens with zero attached hydrogens (tertiary/aromatic N) is 3. The van der Waals surface area contributed by atoms with E-state index in [1.54, 1.807) is 9.91 Å². The molecule has 112 valence electrons. The van der Waals surface area contributed by atoms with Gasteiger partial charge >= 0.3 is 0 Å². The molecular weight excluding hydrogens is 298 g/mol. The molecule has 0 saturated heterocycles. The molecule has 0 N–H and O–H groups in total. The molecule has 2 aromatic rings. The number of fused-ring (bicyclic) bond motifs is 1. The van der Waals surface area contributed by atoms with Crippen molar-refractivity contribution in [3.05, 3.63) is 64.7 Å². The minimum Gasteiger partial charge on any atom is -0.302 e. The standard InChI is InChI=1S/C17H16ClN3O/c1-20(2)19-16-14-5-3-4-6-15(14)21(17(16)22)11-12-7-9-13(18)10-8-12/h3-10H,11H2,1-2H3. The smallest absolute Gasteiger partial charge is 0.279 e. The Labute approximate surface area is 134 Å². The Morgan fingerprint density at radius 3 is 2.45 bits per heavy atom. The van der Waals surface area contributed by atoms with Crippen molar-refractivity contribution in [3.8, 4) is 0 Å². The van der Waals surface area contributed by atoms with Crippen LogP contribution in [0.15, 0.2) is 53.6 Å². The van der Waals surface area contributed by atoms with Crippen LogP contribution in [-0.4, -0.2) is 30.7 Å². The average molecular weight is 314 g/mol. The Morgan fingerprint density at radius 2 is 1.77 bits per heavy atom. The number of carbonyl (C=O) groups is 1. The van der Waals surface area contributed by atoms with Crippen LogP contribution in [0.3, 0.4) is 0 Å². The van der Waals surface area contributed by atoms with Crippen LogP contribution in [0.5, 0.6) is 0 Å². The van der Waals surface area contributed by atoms with Gasteiger partial charge in [-0.05, 0) is 23.8 Å². The average Bonchev–Trinajstić information content (AvgIpc) is 2.75. The van der Waals surface area contributed by atoms with Gasteiger partial charge in [0, 0.05) is 24.7 Å². The summed E-state index contributed by atoms with van der Waals surface area (Å²) in [6.07, 6.45) is 0. The van der Waals surface area contributed by atoms with Crippen molar-refractivity contribution in [1.29, 1.82) is 0 Å². The molecule has 4 nitrogen and oxygen atoms in total. The van der Waals surface area contributed by atoms with Gasteiger partial charge in [0.05, 0.1) is 12.2 Å². The summed E-state index contributed by atoms with van der Waals surface area (Å²) in [6, 6.07) is 15.2. The first kappa shape index (κ1) is 14.6. The SMILES string of the molecule is CN(C)N=C1C(=O)N(Cc2ccc(Cl)cc2)c2ccccc21. The summed E-state index contributed by atoms with van der Waals surface area (Å²) in [5.74, 6) is -0.0788. The molecule has 1 amide bonds. The quantitative estimate of drug-likeness (QED) is 0.816. The molecule has 3 rings (SSSR count). The Balaban J connectivity index is 1.98. The predicted molar refractivity (Wildman–Crippen MR) is 89.3 cm³/mol. The molecule has 0 aliphatic carbocycles. The van der Waals surface area contributed by atoms with Gasteiger partial charge in [-0.2, -0.15) is 5.10 Å². The van der Waals surface area contributed by atoms with E-state index in [-0.39, 0.29) is 5.91 Å². The van der Waals surface area contributed by atoms with Gasteiger partial charge in [0.25, 0.3) is 5.91 Å². The molecule has 1 aliphatic heterocycles. The Morgan fingerprint density at radius 1 is 1.09 bits per heavy atom. The van der Waals surface area contributed by atoms with Gasteiger partial charge in [-0.3, -0.25) is 4.79 Å². The van der Waals surface area contributed by atoms with Crippen molar-refractivity contribution in [2.45, 2.75) is 6.54 Å². The van der Waals surface area contributed by atoms with E-state index in [0.29, 0.717) is 17.3 Å². The van der Waals surface area contributed by atoms with E-state index in [1.165, 1.54) is 0 Å². The number of rotatable bonds is 3. The summed E-state index contributed by atoms with van der Waals surface area (Å²) < 4.78 is 0. The lowest BCUT2D eigenvalue weighted by Gasteiger charge is -2.17. The lowest BCUT2D eigenvalue weighted by atomic mass is 10.1. The van der Waals surface area contributed by atoms with Crippen molar-refractivity contribution in [2.24, 2.45) is 5.10 Å². The zero-order chi connectivity index (χ0) is 15.7. The van der Waals surface area contributed by atoms with Crippen molar-refractivity contribution in [3.63, 3.8) is 0 Å². The highest BCUT2D eigenvalue weighted by Gasteiger charge is 2.33. The minimum absolute atomic E-state index is 0.0788. The van der Waals surface area contributed by atoms with E-state index in [9.17, 15) is 4.79 Å². The zero-order valence-electron chi connectivity index (χ0n) is 12.5. The monoisotopic (exact) mass is 313 g/mol. The van der Waals surface area contributed by atoms with E-state index in [2.05, 4.69) is 5.10 Å². The maximum Gasteiger partial charge on any atom is 0.279 e. The molecule has 0 saturated carbocycles. The first-order chi connectivity index (χ1) is 10.6. The zero-order valence-corrected chi connectivity index (χ0v) is 13.2. The summed E-state index contributed by atoms with van der Waals surface area (Å²) in [5, 5.41) is 6.68. The van der Waals surface area contributed by atoms with Crippen molar-refractivity contribution in [1.82, 2.24) is 5.01 Å². The molecule has 1 heterocycles. The summed E-state index contributed by atoms with van der Waals surface area (Å²) in [5.41, 5.74) is 3.27. The molecule has 0 atom stereocenters. The third kappa shape index (κ3) is 2.70. The number of para-hydroxylation sites is 1. The number of hydrogen-bond donors (Lipinski definition) is 0. The van der Waals surface area contributed by atoms with Crippen LogP contribution in [-0.2, 0) is 11.3 Å². The summed E-state index contributed by atoms with van der Waals surface area (Å²) in [7, 11) is 3.62. The Kier molecular flexibility index (Phi) is 3.86. The maximum atomic E-state index is 12.7. The molecule has 5 heteroatoms. The number of hydrazone groups is 1. The van der Waals surface area contributed by atoms with Crippen LogP contribution in [0.4, 0.5) is 5.69 Å². The van der Waals surface area contributed by atoms with Crippen molar-refractivity contribution >= 4 is 28.9 Å². The lowest BCUT2D eigenvalue weighted by Crippen LogP contribution is -2.30. The van der Waals surface area contributed by atoms with Crippen LogP contribution in [0.2, 0.25) is 5.02 Å². The first-order valence-electron chi connectivity index (χ1n) is 6.98. The molecule has 0 radical (unpaired) electrons. The van der Waals surface area contributed by atoms with Gasteiger partial charge in [-0.25, -0.2) is 0 Å². The maximum absolute atomic E-state index is 12.7. The second kappa shape index (κ2) is 5.81. The van der Waals surface area contributed by atoms with Gasteiger partial charge in [-0.15, -0.1) is 0 Å². The number of halogens is 1. The first-order valence-corrected chi connectivity index (χ1v) is 7.35. The Bertz CT molecular complexity index is 738. The van der Waals surface area contributed by atoms with Gasteiger partial charge < -0.3 is 9.91 Å². The van der Waals surface area contributed by atoms with Crippen LogP contribution in [0.1, 0.15) is 11.1 Å². The van der Waals surface area contributed by atoms with Gasteiger partial charge in [0.1, 0.15) is 0 Å². The molecule has 2 aromatic carbocycles. The molecule has 0 bridgehead atoms.